The van der Waals surface area contributed by atoms with Gasteiger partial charge in [0.2, 0.25) is 5.91 Å². The predicted octanol–water partition coefficient (Wildman–Crippen LogP) is 2.94. The molecular weight excluding hydrogens is 454 g/mol. The summed E-state index contributed by atoms with van der Waals surface area (Å²) in [7, 11) is 2.07. The number of piperidine rings is 1. The van der Waals surface area contributed by atoms with E-state index in [1.165, 1.54) is 0 Å². The quantitative estimate of drug-likeness (QED) is 0.626. The summed E-state index contributed by atoms with van der Waals surface area (Å²) in [5.74, 6) is 0.666. The Morgan fingerprint density at radius 1 is 1.09 bits per heavy atom. The zero-order valence-corrected chi connectivity index (χ0v) is 21.0. The van der Waals surface area contributed by atoms with E-state index in [1.54, 1.807) is 12.1 Å². The first kappa shape index (κ1) is 24.5. The predicted molar refractivity (Wildman–Crippen MR) is 131 cm³/mol. The molecule has 4 rings (SSSR count). The number of benzene rings is 1. The van der Waals surface area contributed by atoms with Crippen LogP contribution in [-0.4, -0.2) is 88.7 Å². The van der Waals surface area contributed by atoms with Crippen molar-refractivity contribution in [1.29, 1.82) is 0 Å². The van der Waals surface area contributed by atoms with Crippen molar-refractivity contribution in [3.05, 3.63) is 46.7 Å². The third kappa shape index (κ3) is 5.73. The van der Waals surface area contributed by atoms with Gasteiger partial charge < -0.3 is 19.4 Å². The molecule has 0 bridgehead atoms. The molecule has 2 saturated heterocycles. The average Bonchev–Trinajstić information content (AvgIpc) is 3.22. The molecule has 1 aromatic carbocycles. The second kappa shape index (κ2) is 10.8. The maximum atomic E-state index is 13.2. The van der Waals surface area contributed by atoms with Crippen molar-refractivity contribution in [1.82, 2.24) is 24.5 Å². The normalized spacial score (nSPS) is 21.5. The molecule has 2 aliphatic rings. The van der Waals surface area contributed by atoms with E-state index in [4.69, 9.17) is 16.3 Å². The van der Waals surface area contributed by atoms with Gasteiger partial charge in [0.25, 0.3) is 5.91 Å². The van der Waals surface area contributed by atoms with E-state index in [2.05, 4.69) is 17.0 Å². The Labute approximate surface area is 206 Å². The molecule has 0 N–H and O–H groups in total. The monoisotopic (exact) mass is 487 g/mol. The number of hydrogen-bond donors (Lipinski definition) is 0. The number of piperazine rings is 1. The van der Waals surface area contributed by atoms with Crippen LogP contribution in [-0.2, 0) is 11.3 Å². The highest BCUT2D eigenvalue weighted by molar-refractivity contribution is 6.30. The molecule has 0 spiro atoms. The van der Waals surface area contributed by atoms with Gasteiger partial charge >= 0.3 is 0 Å². The number of ether oxygens (including phenoxy) is 1. The fourth-order valence-corrected chi connectivity index (χ4v) is 4.87. The van der Waals surface area contributed by atoms with Crippen LogP contribution in [0.1, 0.15) is 35.9 Å². The fourth-order valence-electron chi connectivity index (χ4n) is 4.74. The standard InChI is InChI=1S/C25H34ClN5O3/c1-4-31-18(2)15-22(27-31)25(33)30-10-9-23(34-21-7-5-20(26)6-8-21)19(17-30)16-24(32)29-13-11-28(3)12-14-29/h5-8,15,19,23H,4,9-14,16-17H2,1-3H3/t19-,23-/m0/s1. The lowest BCUT2D eigenvalue weighted by molar-refractivity contribution is -0.135. The smallest absolute Gasteiger partial charge is 0.274 e. The number of carbonyl (C=O) groups excluding carboxylic acids is 2. The Hall–Kier alpha value is -2.58. The number of amides is 2. The molecule has 2 aliphatic heterocycles. The topological polar surface area (TPSA) is 70.9 Å². The number of likely N-dealkylation sites (N-methyl/N-ethyl adjacent to an activating group) is 1. The minimum absolute atomic E-state index is 0.0858. The van der Waals surface area contributed by atoms with Crippen molar-refractivity contribution in [3.63, 3.8) is 0 Å². The van der Waals surface area contributed by atoms with Crippen LogP contribution in [0.5, 0.6) is 5.75 Å². The van der Waals surface area contributed by atoms with Gasteiger partial charge in [0.05, 0.1) is 0 Å². The number of halogens is 1. The molecule has 34 heavy (non-hydrogen) atoms. The maximum absolute atomic E-state index is 13.2. The number of hydrogen-bond acceptors (Lipinski definition) is 5. The van der Waals surface area contributed by atoms with Crippen LogP contribution in [0.3, 0.4) is 0 Å². The summed E-state index contributed by atoms with van der Waals surface area (Å²) in [6.07, 6.45) is 0.855. The zero-order chi connectivity index (χ0) is 24.2. The van der Waals surface area contributed by atoms with Crippen molar-refractivity contribution >= 4 is 23.4 Å². The molecule has 0 saturated carbocycles. The Kier molecular flexibility index (Phi) is 7.78. The number of aryl methyl sites for hydroxylation is 2. The molecule has 9 heteroatoms. The van der Waals surface area contributed by atoms with Crippen LogP contribution >= 0.6 is 11.6 Å². The van der Waals surface area contributed by atoms with Gasteiger partial charge in [0.1, 0.15) is 11.9 Å². The van der Waals surface area contributed by atoms with Gasteiger partial charge in [-0.3, -0.25) is 14.3 Å². The Morgan fingerprint density at radius 2 is 1.79 bits per heavy atom. The molecule has 0 radical (unpaired) electrons. The number of nitrogens with zero attached hydrogens (tertiary/aromatic N) is 5. The van der Waals surface area contributed by atoms with Gasteiger partial charge in [-0.25, -0.2) is 0 Å². The summed E-state index contributed by atoms with van der Waals surface area (Å²) in [6.45, 7) is 8.95. The largest absolute Gasteiger partial charge is 0.490 e. The summed E-state index contributed by atoms with van der Waals surface area (Å²) in [5.41, 5.74) is 1.43. The SMILES string of the molecule is CCn1nc(C(=O)N2CC[C@H](Oc3ccc(Cl)cc3)[C@@H](CC(=O)N3CCN(C)CC3)C2)cc1C. The maximum Gasteiger partial charge on any atom is 0.274 e. The molecule has 1 aromatic heterocycles. The second-order valence-electron chi connectivity index (χ2n) is 9.29. The number of carbonyl (C=O) groups is 2. The first-order valence-corrected chi connectivity index (χ1v) is 12.4. The third-order valence-electron chi connectivity index (χ3n) is 6.85. The van der Waals surface area contributed by atoms with E-state index in [0.29, 0.717) is 36.6 Å². The van der Waals surface area contributed by atoms with Crippen LogP contribution < -0.4 is 4.74 Å². The molecule has 8 nitrogen and oxygen atoms in total. The summed E-state index contributed by atoms with van der Waals surface area (Å²) in [5, 5.41) is 5.12. The van der Waals surface area contributed by atoms with Crippen molar-refractivity contribution < 1.29 is 14.3 Å². The van der Waals surface area contributed by atoms with Gasteiger partial charge in [-0.1, -0.05) is 11.6 Å². The number of likely N-dealkylation sites (tertiary alicyclic amines) is 1. The highest BCUT2D eigenvalue weighted by atomic mass is 35.5. The van der Waals surface area contributed by atoms with Crippen LogP contribution in [0.25, 0.3) is 0 Å². The van der Waals surface area contributed by atoms with E-state index in [9.17, 15) is 9.59 Å². The highest BCUT2D eigenvalue weighted by Crippen LogP contribution is 2.28. The van der Waals surface area contributed by atoms with Gasteiger partial charge in [0, 0.05) is 75.3 Å². The highest BCUT2D eigenvalue weighted by Gasteiger charge is 2.36. The zero-order valence-electron chi connectivity index (χ0n) is 20.2. The van der Waals surface area contributed by atoms with Crippen molar-refractivity contribution in [2.75, 3.05) is 46.3 Å². The van der Waals surface area contributed by atoms with Gasteiger partial charge in [-0.05, 0) is 51.2 Å². The Bertz CT molecular complexity index is 1000. The Balaban J connectivity index is 1.48. The van der Waals surface area contributed by atoms with Gasteiger partial charge in [-0.2, -0.15) is 5.10 Å². The molecule has 0 unspecified atom stereocenters. The average molecular weight is 488 g/mol. The van der Waals surface area contributed by atoms with Gasteiger partial charge in [-0.15, -0.1) is 0 Å². The van der Waals surface area contributed by atoms with Crippen molar-refractivity contribution in [3.8, 4) is 5.75 Å². The summed E-state index contributed by atoms with van der Waals surface area (Å²) in [4.78, 5) is 32.4. The van der Waals surface area contributed by atoms with Gasteiger partial charge in [0.15, 0.2) is 5.69 Å². The van der Waals surface area contributed by atoms with E-state index < -0.39 is 0 Å². The minimum Gasteiger partial charge on any atom is -0.490 e. The lowest BCUT2D eigenvalue weighted by atomic mass is 9.90. The molecule has 2 atom stereocenters. The second-order valence-corrected chi connectivity index (χ2v) is 9.72. The van der Waals surface area contributed by atoms with E-state index in [0.717, 1.165) is 44.2 Å². The first-order chi connectivity index (χ1) is 16.3. The molecule has 2 aromatic rings. The molecule has 2 amide bonds. The third-order valence-corrected chi connectivity index (χ3v) is 7.10. The lowest BCUT2D eigenvalue weighted by Gasteiger charge is -2.39. The molecule has 184 valence electrons. The van der Waals surface area contributed by atoms with Crippen LogP contribution in [0.2, 0.25) is 5.02 Å². The number of rotatable bonds is 6. The lowest BCUT2D eigenvalue weighted by Crippen LogP contribution is -2.51. The van der Waals surface area contributed by atoms with E-state index in [-0.39, 0.29) is 23.8 Å². The molecule has 2 fully saturated rings. The molecule has 3 heterocycles. The first-order valence-electron chi connectivity index (χ1n) is 12.1. The van der Waals surface area contributed by atoms with Crippen LogP contribution in [0.15, 0.2) is 30.3 Å². The van der Waals surface area contributed by atoms with Crippen LogP contribution in [0.4, 0.5) is 0 Å². The summed E-state index contributed by atoms with van der Waals surface area (Å²) in [6, 6.07) is 9.13. The fraction of sp³-hybridized carbons (Fsp3) is 0.560. The molecular formula is C25H34ClN5O3. The van der Waals surface area contributed by atoms with Crippen LogP contribution in [0, 0.1) is 12.8 Å². The van der Waals surface area contributed by atoms with Crippen molar-refractivity contribution in [2.45, 2.75) is 39.3 Å². The summed E-state index contributed by atoms with van der Waals surface area (Å²) < 4.78 is 8.14. The summed E-state index contributed by atoms with van der Waals surface area (Å²) >= 11 is 6.02. The van der Waals surface area contributed by atoms with E-state index in [1.807, 2.05) is 46.5 Å². The minimum atomic E-state index is -0.156. The van der Waals surface area contributed by atoms with E-state index >= 15 is 0 Å². The molecule has 0 aliphatic carbocycles. The van der Waals surface area contributed by atoms with Crippen molar-refractivity contribution in [2.24, 2.45) is 5.92 Å². The number of aromatic nitrogens is 2. The Morgan fingerprint density at radius 3 is 2.44 bits per heavy atom.